The number of hydrogen-bond donors (Lipinski definition) is 0. The van der Waals surface area contributed by atoms with E-state index in [4.69, 9.17) is 35.8 Å². The Balaban J connectivity index is 1.11. The molecule has 0 radical (unpaired) electrons. The maximum atomic E-state index is 14.3. The lowest BCUT2D eigenvalue weighted by molar-refractivity contribution is 0.0601. The Kier molecular flexibility index (Phi) is 8.53. The van der Waals surface area contributed by atoms with Crippen molar-refractivity contribution in [3.05, 3.63) is 112 Å². The van der Waals surface area contributed by atoms with E-state index < -0.39 is 5.82 Å². The molecule has 0 bridgehead atoms. The summed E-state index contributed by atoms with van der Waals surface area (Å²) >= 11 is 5.89. The molecule has 0 N–H and O–H groups in total. The van der Waals surface area contributed by atoms with Gasteiger partial charge in [-0.2, -0.15) is 4.98 Å². The SMILES string of the molecule is COC(=O)c1ccc2nc(CN3CCN(c4cccc(OCc5ccc(Cl)cc5F)n4)[C@H]4COC[C@H]43)n(Cc3cccnc3)c2c1. The Morgan fingerprint density at radius 1 is 1.02 bits per heavy atom. The number of fused-ring (bicyclic) bond motifs is 2. The van der Waals surface area contributed by atoms with Crippen LogP contribution >= 0.6 is 11.6 Å². The molecular formula is C34H32ClFN6O4. The number of piperazine rings is 1. The van der Waals surface area contributed by atoms with Gasteiger partial charge in [0.25, 0.3) is 0 Å². The standard InChI is InChI=1S/C34H32ClFN6O4/c1-44-34(43)23-8-10-27-28(14-23)42(17-22-4-3-11-37-16-22)32(38-27)18-40-12-13-41(30-21-45-20-29(30)40)31-5-2-6-33(39-31)46-19-24-7-9-25(35)15-26(24)36/h2-11,14-16,29-30H,12-13,17-21H2,1H3/t29-,30+/m1/s1. The molecule has 236 valence electrons. The maximum Gasteiger partial charge on any atom is 0.337 e. The minimum Gasteiger partial charge on any atom is -0.473 e. The first-order chi connectivity index (χ1) is 22.5. The van der Waals surface area contributed by atoms with Crippen molar-refractivity contribution < 1.29 is 23.4 Å². The number of benzene rings is 2. The fraction of sp³-hybridized carbons (Fsp3) is 0.294. The molecule has 2 atom stereocenters. The van der Waals surface area contributed by atoms with E-state index in [9.17, 15) is 9.18 Å². The molecule has 0 amide bonds. The molecule has 0 aliphatic carbocycles. The van der Waals surface area contributed by atoms with Gasteiger partial charge in [0.1, 0.15) is 24.1 Å². The summed E-state index contributed by atoms with van der Waals surface area (Å²) in [5, 5.41) is 0.340. The summed E-state index contributed by atoms with van der Waals surface area (Å²) in [4.78, 5) is 31.1. The zero-order chi connectivity index (χ0) is 31.6. The van der Waals surface area contributed by atoms with Crippen LogP contribution in [0.1, 0.15) is 27.3 Å². The molecule has 5 heterocycles. The van der Waals surface area contributed by atoms with E-state index in [1.165, 1.54) is 13.2 Å². The van der Waals surface area contributed by atoms with Gasteiger partial charge in [-0.05, 0) is 48.0 Å². The lowest BCUT2D eigenvalue weighted by Gasteiger charge is -2.44. The molecule has 46 heavy (non-hydrogen) atoms. The number of rotatable bonds is 9. The second kappa shape index (κ2) is 13.0. The summed E-state index contributed by atoms with van der Waals surface area (Å²) in [7, 11) is 1.38. The zero-order valence-electron chi connectivity index (χ0n) is 25.2. The Labute approximate surface area is 270 Å². The van der Waals surface area contributed by atoms with Crippen LogP contribution in [0.3, 0.4) is 0 Å². The summed E-state index contributed by atoms with van der Waals surface area (Å²) in [5.74, 6) is 1.29. The van der Waals surface area contributed by atoms with Crippen LogP contribution in [-0.2, 0) is 29.2 Å². The molecular weight excluding hydrogens is 611 g/mol. The van der Waals surface area contributed by atoms with Gasteiger partial charge in [-0.3, -0.25) is 9.88 Å². The van der Waals surface area contributed by atoms with E-state index in [1.807, 2.05) is 42.6 Å². The number of carbonyl (C=O) groups is 1. The molecule has 2 aromatic carbocycles. The van der Waals surface area contributed by atoms with Crippen molar-refractivity contribution in [3.63, 3.8) is 0 Å². The van der Waals surface area contributed by atoms with Crippen LogP contribution in [0, 0.1) is 5.82 Å². The van der Waals surface area contributed by atoms with Crippen molar-refractivity contribution in [3.8, 4) is 5.88 Å². The zero-order valence-corrected chi connectivity index (χ0v) is 25.9. The predicted octanol–water partition coefficient (Wildman–Crippen LogP) is 5.12. The van der Waals surface area contributed by atoms with Gasteiger partial charge in [-0.25, -0.2) is 14.2 Å². The fourth-order valence-corrected chi connectivity index (χ4v) is 6.39. The molecule has 2 aliphatic heterocycles. The van der Waals surface area contributed by atoms with E-state index in [0.717, 1.165) is 41.3 Å². The highest BCUT2D eigenvalue weighted by Gasteiger charge is 2.41. The number of imidazole rings is 1. The van der Waals surface area contributed by atoms with Crippen molar-refractivity contribution in [1.29, 1.82) is 0 Å². The smallest absolute Gasteiger partial charge is 0.337 e. The van der Waals surface area contributed by atoms with Crippen LogP contribution in [0.5, 0.6) is 5.88 Å². The third-order valence-electron chi connectivity index (χ3n) is 8.57. The number of esters is 1. The van der Waals surface area contributed by atoms with Crippen molar-refractivity contribution in [2.24, 2.45) is 0 Å². The third-order valence-corrected chi connectivity index (χ3v) is 8.80. The molecule has 2 aliphatic rings. The Morgan fingerprint density at radius 2 is 1.91 bits per heavy atom. The highest BCUT2D eigenvalue weighted by atomic mass is 35.5. The first-order valence-corrected chi connectivity index (χ1v) is 15.4. The minimum absolute atomic E-state index is 0.0452. The molecule has 12 heteroatoms. The quantitative estimate of drug-likeness (QED) is 0.203. The highest BCUT2D eigenvalue weighted by molar-refractivity contribution is 6.30. The number of pyridine rings is 2. The lowest BCUT2D eigenvalue weighted by atomic mass is 10.0. The second-order valence-electron chi connectivity index (χ2n) is 11.4. The normalized spacial score (nSPS) is 18.1. The Hall–Kier alpha value is -4.58. The number of carbonyl (C=O) groups excluding carboxylic acids is 1. The van der Waals surface area contributed by atoms with Crippen LogP contribution in [-0.4, -0.2) is 75.9 Å². The van der Waals surface area contributed by atoms with Crippen molar-refractivity contribution in [1.82, 2.24) is 24.4 Å². The molecule has 0 spiro atoms. The minimum atomic E-state index is -0.413. The molecule has 7 rings (SSSR count). The van der Waals surface area contributed by atoms with Gasteiger partial charge in [0.05, 0.1) is 62.1 Å². The molecule has 2 fully saturated rings. The average Bonchev–Trinajstić information content (AvgIpc) is 3.70. The number of ether oxygens (including phenoxy) is 3. The summed E-state index contributed by atoms with van der Waals surface area (Å²) in [6.45, 7) is 3.85. The summed E-state index contributed by atoms with van der Waals surface area (Å²) < 4.78 is 33.3. The van der Waals surface area contributed by atoms with Gasteiger partial charge in [0.15, 0.2) is 0 Å². The van der Waals surface area contributed by atoms with E-state index in [0.29, 0.717) is 48.3 Å². The Morgan fingerprint density at radius 3 is 2.74 bits per heavy atom. The largest absolute Gasteiger partial charge is 0.473 e. The van der Waals surface area contributed by atoms with Gasteiger partial charge >= 0.3 is 5.97 Å². The number of anilines is 1. The molecule has 0 unspecified atom stereocenters. The third kappa shape index (κ3) is 6.13. The van der Waals surface area contributed by atoms with Crippen molar-refractivity contribution in [2.45, 2.75) is 31.8 Å². The van der Waals surface area contributed by atoms with Crippen molar-refractivity contribution in [2.75, 3.05) is 38.3 Å². The first kappa shape index (κ1) is 30.1. The monoisotopic (exact) mass is 642 g/mol. The lowest BCUT2D eigenvalue weighted by Crippen LogP contribution is -2.59. The van der Waals surface area contributed by atoms with E-state index >= 15 is 0 Å². The van der Waals surface area contributed by atoms with Crippen LogP contribution in [0.2, 0.25) is 5.02 Å². The van der Waals surface area contributed by atoms with Crippen LogP contribution in [0.25, 0.3) is 11.0 Å². The second-order valence-corrected chi connectivity index (χ2v) is 11.8. The molecule has 2 saturated heterocycles. The van der Waals surface area contributed by atoms with E-state index in [-0.39, 0.29) is 24.7 Å². The Bertz CT molecular complexity index is 1870. The molecule has 5 aromatic rings. The van der Waals surface area contributed by atoms with Crippen LogP contribution < -0.4 is 9.64 Å². The fourth-order valence-electron chi connectivity index (χ4n) is 6.23. The van der Waals surface area contributed by atoms with E-state index in [1.54, 1.807) is 30.5 Å². The van der Waals surface area contributed by atoms with Gasteiger partial charge in [0, 0.05) is 42.1 Å². The highest BCUT2D eigenvalue weighted by Crippen LogP contribution is 2.31. The molecule has 10 nitrogen and oxygen atoms in total. The number of halogens is 2. The van der Waals surface area contributed by atoms with Gasteiger partial charge in [-0.1, -0.05) is 29.8 Å². The van der Waals surface area contributed by atoms with E-state index in [2.05, 4.69) is 19.4 Å². The first-order valence-electron chi connectivity index (χ1n) is 15.1. The molecule has 0 saturated carbocycles. The van der Waals surface area contributed by atoms with Crippen LogP contribution in [0.15, 0.2) is 79.1 Å². The summed E-state index contributed by atoms with van der Waals surface area (Å²) in [6.07, 6.45) is 3.60. The predicted molar refractivity (Wildman–Crippen MR) is 171 cm³/mol. The summed E-state index contributed by atoms with van der Waals surface area (Å²) in [6, 6.07) is 19.8. The number of methoxy groups -OCH3 is 1. The number of hydrogen-bond acceptors (Lipinski definition) is 9. The van der Waals surface area contributed by atoms with Gasteiger partial charge < -0.3 is 23.7 Å². The summed E-state index contributed by atoms with van der Waals surface area (Å²) in [5.41, 5.74) is 3.59. The average molecular weight is 643 g/mol. The topological polar surface area (TPSA) is 94.8 Å². The number of aromatic nitrogens is 4. The van der Waals surface area contributed by atoms with Crippen LogP contribution in [0.4, 0.5) is 10.2 Å². The molecule has 3 aromatic heterocycles. The van der Waals surface area contributed by atoms with Gasteiger partial charge in [0.2, 0.25) is 5.88 Å². The van der Waals surface area contributed by atoms with Crippen molar-refractivity contribution >= 4 is 34.4 Å². The van der Waals surface area contributed by atoms with Gasteiger partial charge in [-0.15, -0.1) is 0 Å². The number of nitrogens with zero attached hydrogens (tertiary/aromatic N) is 6. The maximum absolute atomic E-state index is 14.3.